The van der Waals surface area contributed by atoms with Gasteiger partial charge >= 0.3 is 6.18 Å². The molecule has 0 saturated carbocycles. The summed E-state index contributed by atoms with van der Waals surface area (Å²) in [5, 5.41) is 6.10. The second kappa shape index (κ2) is 8.12. The quantitative estimate of drug-likeness (QED) is 0.582. The van der Waals surface area contributed by atoms with Crippen LogP contribution in [0.1, 0.15) is 11.3 Å². The first kappa shape index (κ1) is 20.7. The Labute approximate surface area is 167 Å². The zero-order valence-corrected chi connectivity index (χ0v) is 15.7. The molecular weight excluding hydrogens is 414 g/mol. The number of alkyl halides is 3. The first-order valence-corrected chi connectivity index (χ1v) is 8.64. The van der Waals surface area contributed by atoms with Crippen molar-refractivity contribution in [3.63, 3.8) is 0 Å². The molecule has 0 spiro atoms. The summed E-state index contributed by atoms with van der Waals surface area (Å²) in [6, 6.07) is 10.9. The molecule has 3 aromatic rings. The molecule has 29 heavy (non-hydrogen) atoms. The number of nitrogens with zero attached hydrogens (tertiary/aromatic N) is 2. The Balaban J connectivity index is 1.83. The predicted molar refractivity (Wildman–Crippen MR) is 98.8 cm³/mol. The Bertz CT molecular complexity index is 1050. The predicted octanol–water partition coefficient (Wildman–Crippen LogP) is 5.01. The van der Waals surface area contributed by atoms with Gasteiger partial charge in [-0.05, 0) is 31.2 Å². The maximum absolute atomic E-state index is 13.6. The number of amides is 1. The van der Waals surface area contributed by atoms with Crippen molar-refractivity contribution in [2.45, 2.75) is 13.1 Å². The summed E-state index contributed by atoms with van der Waals surface area (Å²) in [6.45, 7) is 0.858. The van der Waals surface area contributed by atoms with E-state index >= 15 is 0 Å². The fourth-order valence-electron chi connectivity index (χ4n) is 2.47. The van der Waals surface area contributed by atoms with Crippen LogP contribution in [0.25, 0.3) is 5.69 Å². The summed E-state index contributed by atoms with van der Waals surface area (Å²) in [5.41, 5.74) is -0.592. The van der Waals surface area contributed by atoms with Crippen LogP contribution in [0.5, 0.6) is 5.88 Å². The molecule has 0 aliphatic heterocycles. The Morgan fingerprint density at radius 1 is 1.21 bits per heavy atom. The number of benzene rings is 2. The number of rotatable bonds is 5. The van der Waals surface area contributed by atoms with Gasteiger partial charge in [-0.15, -0.1) is 0 Å². The molecule has 1 heterocycles. The summed E-state index contributed by atoms with van der Waals surface area (Å²) < 4.78 is 59.0. The van der Waals surface area contributed by atoms with E-state index in [-0.39, 0.29) is 27.8 Å². The minimum Gasteiger partial charge on any atom is -0.467 e. The van der Waals surface area contributed by atoms with Crippen molar-refractivity contribution in [3.8, 4) is 11.6 Å². The molecule has 1 aromatic heterocycles. The third-order valence-electron chi connectivity index (χ3n) is 3.94. The molecule has 0 bridgehead atoms. The van der Waals surface area contributed by atoms with Crippen LogP contribution in [0.15, 0.2) is 48.5 Å². The molecule has 1 amide bonds. The van der Waals surface area contributed by atoms with Crippen LogP contribution in [-0.2, 0) is 11.0 Å². The average Bonchev–Trinajstić information content (AvgIpc) is 3.09. The molecule has 10 heteroatoms. The molecule has 0 aliphatic carbocycles. The number of halogens is 5. The van der Waals surface area contributed by atoms with E-state index < -0.39 is 30.2 Å². The standard InChI is InChI=1S/C19H14ClF4N3O2/c1-11-13(21)6-4-7-14(11)25-17(28)10-29-18-9-16(19(22,23)24)26-27(18)15-8-3-2-5-12(15)20/h2-9H,10H2,1H3,(H,25,28). The molecule has 0 unspecified atom stereocenters. The average molecular weight is 428 g/mol. The molecule has 2 aromatic carbocycles. The van der Waals surface area contributed by atoms with Gasteiger partial charge in [-0.1, -0.05) is 29.8 Å². The van der Waals surface area contributed by atoms with E-state index in [1.54, 1.807) is 12.1 Å². The van der Waals surface area contributed by atoms with Gasteiger partial charge in [-0.25, -0.2) is 4.39 Å². The van der Waals surface area contributed by atoms with Gasteiger partial charge in [0.1, 0.15) is 5.82 Å². The number of carbonyl (C=O) groups is 1. The molecule has 0 fully saturated rings. The van der Waals surface area contributed by atoms with Crippen molar-refractivity contribution in [3.05, 3.63) is 70.6 Å². The first-order chi connectivity index (χ1) is 13.7. The highest BCUT2D eigenvalue weighted by molar-refractivity contribution is 6.32. The summed E-state index contributed by atoms with van der Waals surface area (Å²) in [4.78, 5) is 12.1. The number of nitrogens with one attached hydrogen (secondary N) is 1. The monoisotopic (exact) mass is 427 g/mol. The fraction of sp³-hybridized carbons (Fsp3) is 0.158. The normalized spacial score (nSPS) is 11.4. The molecule has 5 nitrogen and oxygen atoms in total. The number of hydrogen-bond donors (Lipinski definition) is 1. The third kappa shape index (κ3) is 4.68. The van der Waals surface area contributed by atoms with Gasteiger partial charge in [0.2, 0.25) is 5.88 Å². The van der Waals surface area contributed by atoms with E-state index in [9.17, 15) is 22.4 Å². The van der Waals surface area contributed by atoms with E-state index in [0.717, 1.165) is 4.68 Å². The number of anilines is 1. The fourth-order valence-corrected chi connectivity index (χ4v) is 2.69. The van der Waals surface area contributed by atoms with Crippen LogP contribution in [0, 0.1) is 12.7 Å². The van der Waals surface area contributed by atoms with Crippen molar-refractivity contribution in [2.75, 3.05) is 11.9 Å². The van der Waals surface area contributed by atoms with Gasteiger partial charge < -0.3 is 10.1 Å². The second-order valence-electron chi connectivity index (χ2n) is 5.98. The Morgan fingerprint density at radius 2 is 1.93 bits per heavy atom. The Kier molecular flexibility index (Phi) is 5.78. The van der Waals surface area contributed by atoms with Crippen LogP contribution in [0.4, 0.5) is 23.2 Å². The maximum Gasteiger partial charge on any atom is 0.435 e. The Morgan fingerprint density at radius 3 is 2.62 bits per heavy atom. The summed E-state index contributed by atoms with van der Waals surface area (Å²) in [5.74, 6) is -1.51. The molecule has 1 N–H and O–H groups in total. The van der Waals surface area contributed by atoms with Gasteiger partial charge in [0, 0.05) is 17.3 Å². The van der Waals surface area contributed by atoms with E-state index in [2.05, 4.69) is 10.4 Å². The lowest BCUT2D eigenvalue weighted by atomic mass is 10.2. The zero-order chi connectivity index (χ0) is 21.2. The minimum absolute atomic E-state index is 0.147. The van der Waals surface area contributed by atoms with E-state index in [0.29, 0.717) is 6.07 Å². The first-order valence-electron chi connectivity index (χ1n) is 8.26. The molecule has 0 saturated heterocycles. The minimum atomic E-state index is -4.72. The summed E-state index contributed by atoms with van der Waals surface area (Å²) in [7, 11) is 0. The number of para-hydroxylation sites is 1. The third-order valence-corrected chi connectivity index (χ3v) is 4.26. The number of hydrogen-bond acceptors (Lipinski definition) is 3. The zero-order valence-electron chi connectivity index (χ0n) is 14.9. The van der Waals surface area contributed by atoms with Gasteiger partial charge in [-0.3, -0.25) is 4.79 Å². The van der Waals surface area contributed by atoms with E-state index in [1.807, 2.05) is 0 Å². The van der Waals surface area contributed by atoms with Crippen molar-refractivity contribution >= 4 is 23.2 Å². The summed E-state index contributed by atoms with van der Waals surface area (Å²) >= 11 is 6.04. The Hall–Kier alpha value is -3.07. The van der Waals surface area contributed by atoms with Crippen LogP contribution < -0.4 is 10.1 Å². The largest absolute Gasteiger partial charge is 0.467 e. The van der Waals surface area contributed by atoms with Crippen molar-refractivity contribution < 1.29 is 27.1 Å². The highest BCUT2D eigenvalue weighted by Crippen LogP contribution is 2.33. The van der Waals surface area contributed by atoms with E-state index in [1.165, 1.54) is 37.3 Å². The van der Waals surface area contributed by atoms with Crippen LogP contribution in [0.3, 0.4) is 0 Å². The highest BCUT2D eigenvalue weighted by Gasteiger charge is 2.36. The number of carbonyl (C=O) groups excluding carboxylic acids is 1. The van der Waals surface area contributed by atoms with Gasteiger partial charge in [0.05, 0.1) is 10.7 Å². The van der Waals surface area contributed by atoms with Crippen LogP contribution >= 0.6 is 11.6 Å². The molecule has 3 rings (SSSR count). The topological polar surface area (TPSA) is 56.1 Å². The van der Waals surface area contributed by atoms with Crippen molar-refractivity contribution in [2.24, 2.45) is 0 Å². The lowest BCUT2D eigenvalue weighted by Gasteiger charge is -2.11. The van der Waals surface area contributed by atoms with Crippen LogP contribution in [-0.4, -0.2) is 22.3 Å². The molecular formula is C19H14ClF4N3O2. The van der Waals surface area contributed by atoms with Gasteiger partial charge in [0.15, 0.2) is 12.3 Å². The number of ether oxygens (including phenoxy) is 1. The van der Waals surface area contributed by atoms with E-state index in [4.69, 9.17) is 16.3 Å². The second-order valence-corrected chi connectivity index (χ2v) is 6.39. The van der Waals surface area contributed by atoms with Gasteiger partial charge in [0.25, 0.3) is 5.91 Å². The van der Waals surface area contributed by atoms with Crippen LogP contribution in [0.2, 0.25) is 5.02 Å². The molecule has 0 aliphatic rings. The lowest BCUT2D eigenvalue weighted by Crippen LogP contribution is -2.21. The van der Waals surface area contributed by atoms with Gasteiger partial charge in [-0.2, -0.15) is 23.0 Å². The smallest absolute Gasteiger partial charge is 0.435 e. The number of aromatic nitrogens is 2. The van der Waals surface area contributed by atoms with Crippen molar-refractivity contribution in [1.29, 1.82) is 0 Å². The SMILES string of the molecule is Cc1c(F)cccc1NC(=O)COc1cc(C(F)(F)F)nn1-c1ccccc1Cl. The highest BCUT2D eigenvalue weighted by atomic mass is 35.5. The lowest BCUT2D eigenvalue weighted by molar-refractivity contribution is -0.141. The molecule has 152 valence electrons. The van der Waals surface area contributed by atoms with Crippen molar-refractivity contribution in [1.82, 2.24) is 9.78 Å². The molecule has 0 atom stereocenters. The maximum atomic E-state index is 13.6. The molecule has 0 radical (unpaired) electrons. The summed E-state index contributed by atoms with van der Waals surface area (Å²) in [6.07, 6.45) is -4.72.